The molecule has 0 rings (SSSR count). The van der Waals surface area contributed by atoms with Crippen molar-refractivity contribution >= 4 is 0 Å². The summed E-state index contributed by atoms with van der Waals surface area (Å²) in [6, 6.07) is 0. The molecular weight excluding hydrogens is 480 g/mol. The van der Waals surface area contributed by atoms with E-state index in [1.54, 1.807) is 41.5 Å². The summed E-state index contributed by atoms with van der Waals surface area (Å²) >= 11 is 0. The Morgan fingerprint density at radius 2 is 0.714 bits per heavy atom. The minimum Gasteiger partial charge on any atom is -0.394 e. The third kappa shape index (κ3) is 39.1. The third-order valence-corrected chi connectivity index (χ3v) is 5.35. The van der Waals surface area contributed by atoms with E-state index in [-0.39, 0.29) is 70.2 Å². The Balaban J connectivity index is -0.000000129. The Hall–Kier alpha value is 0.474. The van der Waals surface area contributed by atoms with Crippen molar-refractivity contribution in [2.45, 2.75) is 170 Å². The summed E-state index contributed by atoms with van der Waals surface area (Å²) in [5, 5.41) is 54.3. The fourth-order valence-electron chi connectivity index (χ4n) is 3.39. The predicted octanol–water partition coefficient (Wildman–Crippen LogP) is 5.44. The van der Waals surface area contributed by atoms with Gasteiger partial charge in [-0.1, -0.05) is 66.2 Å². The van der Waals surface area contributed by atoms with Gasteiger partial charge in [0, 0.05) is 45.8 Å². The fourth-order valence-corrected chi connectivity index (χ4v) is 3.39. The van der Waals surface area contributed by atoms with Gasteiger partial charge in [0.15, 0.2) is 0 Å². The van der Waals surface area contributed by atoms with Crippen LogP contribution in [-0.4, -0.2) is 67.3 Å². The van der Waals surface area contributed by atoms with Crippen LogP contribution < -0.4 is 0 Å². The number of rotatable bonds is 14. The van der Waals surface area contributed by atoms with Crippen molar-refractivity contribution in [1.82, 2.24) is 0 Å². The van der Waals surface area contributed by atoms with E-state index in [0.717, 1.165) is 38.5 Å². The van der Waals surface area contributed by atoms with Gasteiger partial charge in [0.25, 0.3) is 0 Å². The maximum atomic E-state index is 9.76. The minimum atomic E-state index is -0.387. The zero-order valence-corrected chi connectivity index (χ0v) is 26.4. The Morgan fingerprint density at radius 1 is 0.457 bits per heavy atom. The van der Waals surface area contributed by atoms with Gasteiger partial charge >= 0.3 is 0 Å². The summed E-state index contributed by atoms with van der Waals surface area (Å²) in [7, 11) is 0. The Bertz CT molecular complexity index is 338. The molecule has 0 spiro atoms. The van der Waals surface area contributed by atoms with Gasteiger partial charge in [-0.2, -0.15) is 0 Å². The molecule has 0 aromatic heterocycles. The molecule has 0 amide bonds. The van der Waals surface area contributed by atoms with Crippen molar-refractivity contribution in [2.75, 3.05) is 0 Å². The summed E-state index contributed by atoms with van der Waals surface area (Å²) in [5.41, 5.74) is 0. The first-order valence-corrected chi connectivity index (χ1v) is 13.8. The van der Waals surface area contributed by atoms with Gasteiger partial charge in [-0.3, -0.25) is 0 Å². The van der Waals surface area contributed by atoms with E-state index >= 15 is 0 Å². The normalized spacial score (nSPS) is 15.6. The molecule has 0 radical (unpaired) electrons. The average Bonchev–Trinajstić information content (AvgIpc) is 2.72. The summed E-state index contributed by atoms with van der Waals surface area (Å²) < 4.78 is 0. The zero-order valence-electron chi connectivity index (χ0n) is 24.9. The zero-order chi connectivity index (χ0) is 27.7. The molecule has 0 bridgehead atoms. The number of aliphatic hydroxyl groups excluding tert-OH is 6. The smallest absolute Gasteiger partial charge is 0.0590 e. The fraction of sp³-hybridized carbons (Fsp3) is 1.00. The summed E-state index contributed by atoms with van der Waals surface area (Å²) in [4.78, 5) is 0. The van der Waals surface area contributed by atoms with Gasteiger partial charge in [-0.25, -0.2) is 0 Å². The van der Waals surface area contributed by atoms with E-state index in [4.69, 9.17) is 10.2 Å². The first-order valence-electron chi connectivity index (χ1n) is 13.8. The first-order chi connectivity index (χ1) is 15.7. The molecule has 0 aromatic carbocycles. The maximum Gasteiger partial charge on any atom is 0.0590 e. The molecule has 0 aliphatic rings. The Kier molecular flexibility index (Phi) is 42.2. The number of unbranched alkanes of at least 4 members (excludes halogenated alkanes) is 4. The predicted molar refractivity (Wildman–Crippen MR) is 146 cm³/mol. The van der Waals surface area contributed by atoms with Crippen LogP contribution in [-0.2, 0) is 21.7 Å². The number of hydrogen-bond donors (Lipinski definition) is 6. The van der Waals surface area contributed by atoms with Crippen molar-refractivity contribution in [2.24, 2.45) is 11.8 Å². The monoisotopic (exact) mass is 544 g/mol. The molecular formula is C28H64O6Ti. The van der Waals surface area contributed by atoms with Crippen LogP contribution >= 0.6 is 0 Å². The quantitative estimate of drug-likeness (QED) is 0.128. The molecule has 216 valence electrons. The first kappa shape index (κ1) is 45.4. The van der Waals surface area contributed by atoms with E-state index in [9.17, 15) is 20.4 Å². The van der Waals surface area contributed by atoms with Crippen molar-refractivity contribution in [3.05, 3.63) is 0 Å². The molecule has 7 heteroatoms. The van der Waals surface area contributed by atoms with Crippen LogP contribution in [0.1, 0.15) is 133 Å². The summed E-state index contributed by atoms with van der Waals surface area (Å²) in [6.45, 7) is 18.7. The van der Waals surface area contributed by atoms with E-state index in [2.05, 4.69) is 13.8 Å². The van der Waals surface area contributed by atoms with Crippen LogP contribution in [0.4, 0.5) is 0 Å². The molecule has 35 heavy (non-hydrogen) atoms. The second kappa shape index (κ2) is 32.5. The van der Waals surface area contributed by atoms with Gasteiger partial charge in [0.05, 0.1) is 24.4 Å². The van der Waals surface area contributed by atoms with Gasteiger partial charge in [-0.15, -0.1) is 0 Å². The summed E-state index contributed by atoms with van der Waals surface area (Å²) in [5.74, 6) is 0.132. The number of hydrogen-bond acceptors (Lipinski definition) is 6. The van der Waals surface area contributed by atoms with E-state index in [1.807, 2.05) is 13.8 Å². The van der Waals surface area contributed by atoms with Crippen LogP contribution in [0.15, 0.2) is 0 Å². The molecule has 0 saturated carbocycles. The van der Waals surface area contributed by atoms with Gasteiger partial charge in [0.2, 0.25) is 0 Å². The van der Waals surface area contributed by atoms with Crippen LogP contribution in [0.2, 0.25) is 0 Å². The molecule has 0 fully saturated rings. The van der Waals surface area contributed by atoms with E-state index in [1.165, 1.54) is 25.7 Å². The molecule has 6 N–H and O–H groups in total. The average molecular weight is 545 g/mol. The van der Waals surface area contributed by atoms with E-state index < -0.39 is 0 Å². The third-order valence-electron chi connectivity index (χ3n) is 5.35. The standard InChI is InChI=1S/C12H26O2.C10H22O2.2C3H8O.Ti/c1-4-7-8-9-10(11(13)5-2)12(14)6-3;1-4-5-6-7-10(8(2)11)9(3)12;2*1-3(2)4;/h10-14H,4-9H2,1-3H3;8-12H,4-7H2,1-3H3;2*3-4H,1-2H3;. The molecule has 4 unspecified atom stereocenters. The van der Waals surface area contributed by atoms with Crippen LogP contribution in [0.25, 0.3) is 0 Å². The second-order valence-electron chi connectivity index (χ2n) is 9.94. The molecule has 0 heterocycles. The molecule has 0 saturated heterocycles. The molecule has 0 aliphatic heterocycles. The van der Waals surface area contributed by atoms with Crippen molar-refractivity contribution in [3.63, 3.8) is 0 Å². The van der Waals surface area contributed by atoms with Crippen molar-refractivity contribution in [3.8, 4) is 0 Å². The van der Waals surface area contributed by atoms with Crippen molar-refractivity contribution in [1.29, 1.82) is 0 Å². The van der Waals surface area contributed by atoms with Crippen LogP contribution in [0.3, 0.4) is 0 Å². The molecule has 0 aliphatic carbocycles. The van der Waals surface area contributed by atoms with Gasteiger partial charge < -0.3 is 30.6 Å². The van der Waals surface area contributed by atoms with Gasteiger partial charge in [0.1, 0.15) is 0 Å². The Labute approximate surface area is 233 Å². The maximum absolute atomic E-state index is 9.76. The Morgan fingerprint density at radius 3 is 0.914 bits per heavy atom. The second-order valence-corrected chi connectivity index (χ2v) is 9.94. The van der Waals surface area contributed by atoms with Crippen LogP contribution in [0, 0.1) is 11.8 Å². The van der Waals surface area contributed by atoms with Crippen LogP contribution in [0.5, 0.6) is 0 Å². The molecule has 0 aromatic rings. The summed E-state index contributed by atoms with van der Waals surface area (Å²) in [6.07, 6.45) is 8.60. The minimum absolute atomic E-state index is 0. The largest absolute Gasteiger partial charge is 0.394 e. The number of aliphatic hydroxyl groups is 6. The SMILES string of the molecule is CC(C)O.CC(C)O.CCCCCC(C(C)O)C(C)O.CCCCCC(C(O)CC)C(O)CC.[Ti]. The van der Waals surface area contributed by atoms with Crippen molar-refractivity contribution < 1.29 is 52.4 Å². The topological polar surface area (TPSA) is 121 Å². The molecule has 4 atom stereocenters. The van der Waals surface area contributed by atoms with E-state index in [0.29, 0.717) is 0 Å². The van der Waals surface area contributed by atoms with Gasteiger partial charge in [-0.05, 0) is 67.2 Å². The molecule has 6 nitrogen and oxygen atoms in total.